The number of nitro benzene ring substituents is 1. The Labute approximate surface area is 121 Å². The van der Waals surface area contributed by atoms with Gasteiger partial charge in [0.15, 0.2) is 0 Å². The van der Waals surface area contributed by atoms with Crippen LogP contribution >= 0.6 is 0 Å². The Bertz CT molecular complexity index is 582. The first-order valence-corrected chi connectivity index (χ1v) is 7.06. The summed E-state index contributed by atoms with van der Waals surface area (Å²) in [5.41, 5.74) is -0.314. The van der Waals surface area contributed by atoms with Crippen molar-refractivity contribution in [2.45, 2.75) is 18.9 Å². The molecule has 2 bridgehead atoms. The van der Waals surface area contributed by atoms with Crippen LogP contribution in [0.1, 0.15) is 23.2 Å². The molecule has 7 heteroatoms. The van der Waals surface area contributed by atoms with Crippen molar-refractivity contribution in [1.82, 2.24) is 4.90 Å². The number of benzene rings is 1. The van der Waals surface area contributed by atoms with Gasteiger partial charge in [0.05, 0.1) is 4.92 Å². The first kappa shape index (κ1) is 13.8. The Kier molecular flexibility index (Phi) is 3.50. The number of anilines is 1. The van der Waals surface area contributed by atoms with Crippen LogP contribution in [-0.4, -0.2) is 46.6 Å². The second-order valence-electron chi connectivity index (χ2n) is 5.65. The van der Waals surface area contributed by atoms with E-state index in [-0.39, 0.29) is 17.3 Å². The summed E-state index contributed by atoms with van der Waals surface area (Å²) in [5.74, 6) is -0.776. The maximum atomic E-state index is 11.2. The van der Waals surface area contributed by atoms with Crippen molar-refractivity contribution in [2.75, 3.05) is 25.0 Å². The van der Waals surface area contributed by atoms with Gasteiger partial charge in [-0.1, -0.05) is 6.07 Å². The molecule has 2 N–H and O–H groups in total. The van der Waals surface area contributed by atoms with Crippen molar-refractivity contribution >= 4 is 17.3 Å². The van der Waals surface area contributed by atoms with Crippen LogP contribution in [0.25, 0.3) is 0 Å². The Morgan fingerprint density at radius 2 is 2.10 bits per heavy atom. The lowest BCUT2D eigenvalue weighted by molar-refractivity contribution is -0.384. The Morgan fingerprint density at radius 3 is 2.62 bits per heavy atom. The van der Waals surface area contributed by atoms with Crippen molar-refractivity contribution in [1.29, 1.82) is 0 Å². The van der Waals surface area contributed by atoms with Crippen molar-refractivity contribution in [2.24, 2.45) is 5.92 Å². The number of carbonyl (C=O) groups is 1. The number of carboxylic acid groups (broad SMARTS) is 1. The maximum absolute atomic E-state index is 11.2. The molecule has 1 unspecified atom stereocenters. The molecule has 3 aliphatic rings. The van der Waals surface area contributed by atoms with E-state index >= 15 is 0 Å². The van der Waals surface area contributed by atoms with Gasteiger partial charge in [-0.25, -0.2) is 4.79 Å². The van der Waals surface area contributed by atoms with E-state index < -0.39 is 10.9 Å². The average molecular weight is 291 g/mol. The molecule has 3 aliphatic heterocycles. The van der Waals surface area contributed by atoms with E-state index in [1.165, 1.54) is 6.07 Å². The van der Waals surface area contributed by atoms with E-state index in [4.69, 9.17) is 5.11 Å². The Morgan fingerprint density at radius 1 is 1.38 bits per heavy atom. The number of para-hydroxylation sites is 1. The third kappa shape index (κ3) is 2.56. The highest BCUT2D eigenvalue weighted by molar-refractivity contribution is 5.95. The molecule has 0 saturated carbocycles. The molecular weight excluding hydrogens is 274 g/mol. The second kappa shape index (κ2) is 5.33. The molecule has 1 atom stereocenters. The van der Waals surface area contributed by atoms with Crippen molar-refractivity contribution in [3.8, 4) is 0 Å². The quantitative estimate of drug-likeness (QED) is 0.648. The molecule has 0 aliphatic carbocycles. The zero-order chi connectivity index (χ0) is 15.0. The summed E-state index contributed by atoms with van der Waals surface area (Å²) >= 11 is 0. The Balaban J connectivity index is 1.90. The highest BCUT2D eigenvalue weighted by Gasteiger charge is 2.35. The molecule has 3 fully saturated rings. The average Bonchev–Trinajstić information content (AvgIpc) is 2.48. The van der Waals surface area contributed by atoms with Crippen LogP contribution in [0.3, 0.4) is 0 Å². The van der Waals surface area contributed by atoms with E-state index in [2.05, 4.69) is 10.2 Å². The number of rotatable bonds is 4. The molecule has 21 heavy (non-hydrogen) atoms. The van der Waals surface area contributed by atoms with Gasteiger partial charge >= 0.3 is 11.7 Å². The molecule has 0 spiro atoms. The lowest BCUT2D eigenvalue weighted by Gasteiger charge is -2.45. The molecule has 0 radical (unpaired) electrons. The second-order valence-corrected chi connectivity index (χ2v) is 5.65. The first-order chi connectivity index (χ1) is 10.1. The van der Waals surface area contributed by atoms with Gasteiger partial charge in [-0.2, -0.15) is 0 Å². The highest BCUT2D eigenvalue weighted by Crippen LogP contribution is 2.34. The van der Waals surface area contributed by atoms with Gasteiger partial charge < -0.3 is 15.3 Å². The van der Waals surface area contributed by atoms with Gasteiger partial charge in [-0.3, -0.25) is 10.1 Å². The minimum atomic E-state index is -1.28. The predicted molar refractivity (Wildman–Crippen MR) is 76.6 cm³/mol. The summed E-state index contributed by atoms with van der Waals surface area (Å²) in [6, 6.07) is 4.54. The molecule has 0 aromatic heterocycles. The maximum Gasteiger partial charge on any atom is 0.342 e. The summed E-state index contributed by atoms with van der Waals surface area (Å²) in [6.07, 6.45) is 2.17. The molecule has 4 rings (SSSR count). The highest BCUT2D eigenvalue weighted by atomic mass is 16.6. The van der Waals surface area contributed by atoms with Crippen LogP contribution in [0.15, 0.2) is 18.2 Å². The number of fused-ring (bicyclic) bond motifs is 3. The summed E-state index contributed by atoms with van der Waals surface area (Å²) < 4.78 is 0. The summed E-state index contributed by atoms with van der Waals surface area (Å²) in [6.45, 7) is 3.03. The smallest absolute Gasteiger partial charge is 0.342 e. The van der Waals surface area contributed by atoms with E-state index in [0.717, 1.165) is 32.5 Å². The minimum Gasteiger partial charge on any atom is -0.477 e. The zero-order valence-corrected chi connectivity index (χ0v) is 11.5. The molecule has 7 nitrogen and oxygen atoms in total. The standard InChI is InChI=1S/C14H17N3O4/c18-14(19)10-2-1-3-11(13(10)17(20)21)15-12-8-16-6-4-9(12)5-7-16/h1-3,9,12,15H,4-8H2,(H,18,19). The molecule has 3 heterocycles. The van der Waals surface area contributed by atoms with Crippen LogP contribution in [-0.2, 0) is 0 Å². The molecular formula is C14H17N3O4. The number of nitrogens with zero attached hydrogens (tertiary/aromatic N) is 2. The van der Waals surface area contributed by atoms with E-state index in [9.17, 15) is 14.9 Å². The largest absolute Gasteiger partial charge is 0.477 e. The predicted octanol–water partition coefficient (Wildman–Crippen LogP) is 1.80. The Hall–Kier alpha value is -2.15. The number of nitrogens with one attached hydrogen (secondary N) is 1. The lowest BCUT2D eigenvalue weighted by Crippen LogP contribution is -2.53. The van der Waals surface area contributed by atoms with Crippen LogP contribution in [0.5, 0.6) is 0 Å². The SMILES string of the molecule is O=C(O)c1cccc(NC2CN3CCC2CC3)c1[N+](=O)[O-]. The van der Waals surface area contributed by atoms with Crippen LogP contribution in [0.2, 0.25) is 0 Å². The monoisotopic (exact) mass is 291 g/mol. The van der Waals surface area contributed by atoms with Gasteiger partial charge in [0.2, 0.25) is 0 Å². The fourth-order valence-corrected chi connectivity index (χ4v) is 3.36. The first-order valence-electron chi connectivity index (χ1n) is 7.06. The summed E-state index contributed by atoms with van der Waals surface area (Å²) in [5, 5.41) is 23.6. The van der Waals surface area contributed by atoms with Gasteiger partial charge in [0.1, 0.15) is 11.3 Å². The lowest BCUT2D eigenvalue weighted by atomic mass is 9.84. The van der Waals surface area contributed by atoms with Gasteiger partial charge in [-0.05, 0) is 44.0 Å². The number of nitro groups is 1. The number of hydrogen-bond donors (Lipinski definition) is 2. The van der Waals surface area contributed by atoms with Crippen molar-refractivity contribution in [3.05, 3.63) is 33.9 Å². The number of carboxylic acids is 1. The van der Waals surface area contributed by atoms with Gasteiger partial charge in [0.25, 0.3) is 0 Å². The van der Waals surface area contributed by atoms with Crippen molar-refractivity contribution in [3.63, 3.8) is 0 Å². The topological polar surface area (TPSA) is 95.7 Å². The molecule has 112 valence electrons. The zero-order valence-electron chi connectivity index (χ0n) is 11.5. The number of aromatic carboxylic acids is 1. The molecule has 0 amide bonds. The number of piperidine rings is 3. The van der Waals surface area contributed by atoms with Gasteiger partial charge in [-0.15, -0.1) is 0 Å². The van der Waals surface area contributed by atoms with Crippen LogP contribution < -0.4 is 5.32 Å². The third-order valence-corrected chi connectivity index (χ3v) is 4.45. The fraction of sp³-hybridized carbons (Fsp3) is 0.500. The van der Waals surface area contributed by atoms with Crippen LogP contribution in [0, 0.1) is 16.0 Å². The van der Waals surface area contributed by atoms with E-state index in [1.807, 2.05) is 0 Å². The van der Waals surface area contributed by atoms with Crippen LogP contribution in [0.4, 0.5) is 11.4 Å². The van der Waals surface area contributed by atoms with Gasteiger partial charge in [0, 0.05) is 12.6 Å². The van der Waals surface area contributed by atoms with E-state index in [1.54, 1.807) is 12.1 Å². The normalized spacial score (nSPS) is 27.3. The molecule has 1 aromatic rings. The third-order valence-electron chi connectivity index (χ3n) is 4.45. The minimum absolute atomic E-state index is 0.148. The van der Waals surface area contributed by atoms with Crippen molar-refractivity contribution < 1.29 is 14.8 Å². The summed E-state index contributed by atoms with van der Waals surface area (Å²) in [4.78, 5) is 24.1. The summed E-state index contributed by atoms with van der Waals surface area (Å²) in [7, 11) is 0. The fourth-order valence-electron chi connectivity index (χ4n) is 3.36. The molecule has 3 saturated heterocycles. The van der Waals surface area contributed by atoms with E-state index in [0.29, 0.717) is 11.6 Å². The molecule has 1 aromatic carbocycles. The number of hydrogen-bond acceptors (Lipinski definition) is 5.